The van der Waals surface area contributed by atoms with Gasteiger partial charge in [-0.15, -0.1) is 11.8 Å². The van der Waals surface area contributed by atoms with Gasteiger partial charge in [-0.05, 0) is 44.5 Å². The Balaban J connectivity index is 1.91. The van der Waals surface area contributed by atoms with Crippen LogP contribution in [0.5, 0.6) is 0 Å². The number of anilines is 1. The van der Waals surface area contributed by atoms with Gasteiger partial charge in [0.15, 0.2) is 0 Å². The Morgan fingerprint density at radius 1 is 1.02 bits per heavy atom. The molecule has 0 bridgehead atoms. The Morgan fingerprint density at radius 2 is 1.65 bits per heavy atom. The van der Waals surface area contributed by atoms with Crippen LogP contribution in [-0.2, 0) is 26.9 Å². The van der Waals surface area contributed by atoms with Crippen molar-refractivity contribution >= 4 is 35.4 Å². The fourth-order valence-electron chi connectivity index (χ4n) is 3.93. The maximum atomic E-state index is 13.6. The molecule has 3 rings (SSSR count). The van der Waals surface area contributed by atoms with Crippen LogP contribution in [0.25, 0.3) is 0 Å². The van der Waals surface area contributed by atoms with Crippen molar-refractivity contribution in [3.05, 3.63) is 59.7 Å². The van der Waals surface area contributed by atoms with Crippen LogP contribution in [0.1, 0.15) is 31.9 Å². The number of para-hydroxylation sites is 1. The van der Waals surface area contributed by atoms with E-state index in [2.05, 4.69) is 10.6 Å². The van der Waals surface area contributed by atoms with E-state index in [0.29, 0.717) is 9.80 Å². The zero-order valence-corrected chi connectivity index (χ0v) is 22.5. The van der Waals surface area contributed by atoms with Crippen molar-refractivity contribution < 1.29 is 45.5 Å². The molecule has 3 amide bonds. The van der Waals surface area contributed by atoms with E-state index in [1.807, 2.05) is 0 Å². The number of nitrogens with zero attached hydrogens (tertiary/aromatic N) is 1. The van der Waals surface area contributed by atoms with E-state index in [1.165, 1.54) is 45.0 Å². The Kier molecular flexibility index (Phi) is 9.32. The van der Waals surface area contributed by atoms with E-state index in [1.54, 1.807) is 6.07 Å². The van der Waals surface area contributed by atoms with Gasteiger partial charge in [-0.2, -0.15) is 26.3 Å². The maximum absolute atomic E-state index is 13.6. The summed E-state index contributed by atoms with van der Waals surface area (Å²) in [6.45, 7) is 2.99. The number of fused-ring (bicyclic) bond motifs is 1. The van der Waals surface area contributed by atoms with Gasteiger partial charge in [0, 0.05) is 17.1 Å². The summed E-state index contributed by atoms with van der Waals surface area (Å²) in [5, 5.41) is 4.57. The number of halogens is 6. The molecule has 1 heterocycles. The third kappa shape index (κ3) is 8.54. The van der Waals surface area contributed by atoms with Gasteiger partial charge in [-0.3, -0.25) is 9.59 Å². The first-order valence-electron chi connectivity index (χ1n) is 12.0. The lowest BCUT2D eigenvalue weighted by molar-refractivity contribution is -0.138. The van der Waals surface area contributed by atoms with Crippen LogP contribution < -0.4 is 15.5 Å². The molecule has 0 radical (unpaired) electrons. The van der Waals surface area contributed by atoms with Crippen molar-refractivity contribution in [2.75, 3.05) is 17.2 Å². The predicted octanol–water partition coefficient (Wildman–Crippen LogP) is 5.33. The maximum Gasteiger partial charge on any atom is 0.416 e. The predicted molar refractivity (Wildman–Crippen MR) is 136 cm³/mol. The second-order valence-electron chi connectivity index (χ2n) is 9.94. The summed E-state index contributed by atoms with van der Waals surface area (Å²) in [7, 11) is 0. The molecule has 1 unspecified atom stereocenters. The minimum atomic E-state index is -4.76. The Hall–Kier alpha value is -3.42. The lowest BCUT2D eigenvalue weighted by Gasteiger charge is -2.28. The second kappa shape index (κ2) is 12.0. The van der Waals surface area contributed by atoms with Crippen molar-refractivity contribution in [3.63, 3.8) is 0 Å². The van der Waals surface area contributed by atoms with Crippen LogP contribution in [0, 0.1) is 0 Å². The van der Waals surface area contributed by atoms with Gasteiger partial charge in [0.05, 0.1) is 11.3 Å². The molecule has 2 aromatic rings. The summed E-state index contributed by atoms with van der Waals surface area (Å²) in [5.74, 6) is -2.29. The van der Waals surface area contributed by atoms with Crippen LogP contribution >= 0.6 is 11.8 Å². The van der Waals surface area contributed by atoms with Crippen LogP contribution in [0.15, 0.2) is 53.4 Å². The highest BCUT2D eigenvalue weighted by molar-refractivity contribution is 7.99. The van der Waals surface area contributed by atoms with E-state index < -0.39 is 66.5 Å². The van der Waals surface area contributed by atoms with Gasteiger partial charge in [-0.1, -0.05) is 30.3 Å². The quantitative estimate of drug-likeness (QED) is 0.444. The Labute approximate surface area is 230 Å². The molecular formula is C26H27F6N3O4S. The first-order valence-corrected chi connectivity index (χ1v) is 13.0. The number of carbonyl (C=O) groups excluding carboxylic acids is 3. The zero-order valence-electron chi connectivity index (χ0n) is 21.7. The Morgan fingerprint density at radius 3 is 2.27 bits per heavy atom. The molecule has 0 saturated heterocycles. The monoisotopic (exact) mass is 591 g/mol. The van der Waals surface area contributed by atoms with Crippen LogP contribution in [0.3, 0.4) is 0 Å². The zero-order chi connectivity index (χ0) is 29.9. The van der Waals surface area contributed by atoms with Crippen molar-refractivity contribution in [1.29, 1.82) is 0 Å². The molecule has 7 nitrogen and oxygen atoms in total. The summed E-state index contributed by atoms with van der Waals surface area (Å²) in [4.78, 5) is 39.9. The van der Waals surface area contributed by atoms with Gasteiger partial charge < -0.3 is 20.3 Å². The number of carbonyl (C=O) groups is 3. The molecule has 1 aliphatic heterocycles. The highest BCUT2D eigenvalue weighted by Gasteiger charge is 2.40. The molecule has 2 atom stereocenters. The molecular weight excluding hydrogens is 564 g/mol. The number of amides is 3. The second-order valence-corrected chi connectivity index (χ2v) is 11.0. The smallest absolute Gasteiger partial charge is 0.416 e. The molecule has 14 heteroatoms. The number of benzene rings is 2. The normalized spacial score (nSPS) is 17.0. The lowest BCUT2D eigenvalue weighted by Crippen LogP contribution is -2.56. The molecule has 0 fully saturated rings. The molecule has 0 saturated carbocycles. The molecule has 2 aromatic carbocycles. The fourth-order valence-corrected chi connectivity index (χ4v) is 5.00. The lowest BCUT2D eigenvalue weighted by atomic mass is 9.99. The van der Waals surface area contributed by atoms with Crippen molar-refractivity contribution in [1.82, 2.24) is 10.6 Å². The molecule has 0 spiro atoms. The average molecular weight is 592 g/mol. The van der Waals surface area contributed by atoms with Crippen molar-refractivity contribution in [3.8, 4) is 0 Å². The molecule has 0 aromatic heterocycles. The van der Waals surface area contributed by atoms with Gasteiger partial charge in [0.2, 0.25) is 5.91 Å². The highest BCUT2D eigenvalue weighted by Crippen LogP contribution is 2.36. The summed E-state index contributed by atoms with van der Waals surface area (Å²) < 4.78 is 86.1. The largest absolute Gasteiger partial charge is 0.444 e. The summed E-state index contributed by atoms with van der Waals surface area (Å²) in [6.07, 6.45) is -11.3. The van der Waals surface area contributed by atoms with Gasteiger partial charge in [0.25, 0.3) is 5.91 Å². The highest BCUT2D eigenvalue weighted by atomic mass is 32.2. The number of alkyl halides is 6. The van der Waals surface area contributed by atoms with Gasteiger partial charge >= 0.3 is 18.4 Å². The minimum absolute atomic E-state index is 0.00843. The number of alkyl carbamates (subject to hydrolysis) is 1. The van der Waals surface area contributed by atoms with Crippen molar-refractivity contribution in [2.45, 2.75) is 62.1 Å². The minimum Gasteiger partial charge on any atom is -0.444 e. The number of ether oxygens (including phenoxy) is 1. The number of thioether (sulfide) groups is 1. The van der Waals surface area contributed by atoms with E-state index in [9.17, 15) is 40.7 Å². The van der Waals surface area contributed by atoms with Crippen LogP contribution in [-0.4, -0.2) is 54.1 Å². The van der Waals surface area contributed by atoms with Gasteiger partial charge in [-0.25, -0.2) is 4.79 Å². The van der Waals surface area contributed by atoms with Crippen LogP contribution in [0.2, 0.25) is 0 Å². The Bertz CT molecular complexity index is 1250. The fraction of sp³-hybridized carbons (Fsp3) is 0.423. The standard InChI is InChI=1S/C26H27F6N3O4S/c1-24(2,3)39-23(38)34-17(12-15-8-4-5-9-16(15)26(30,31)32)21(36)33-18-13-40-20-11-7-6-10-19(20)35(22(18)37)14-25(27,28)29/h4-11,17-18H,12-14H2,1-3H3,(H,33,36)(H,34,38)/t17-,18?/m1/s1. The third-order valence-electron chi connectivity index (χ3n) is 5.53. The molecule has 218 valence electrons. The summed E-state index contributed by atoms with van der Waals surface area (Å²) in [6, 6.07) is 7.23. The molecule has 0 aliphatic carbocycles. The summed E-state index contributed by atoms with van der Waals surface area (Å²) >= 11 is 1.03. The number of rotatable bonds is 6. The number of hydrogen-bond donors (Lipinski definition) is 2. The van der Waals surface area contributed by atoms with Crippen LogP contribution in [0.4, 0.5) is 36.8 Å². The molecule has 2 N–H and O–H groups in total. The summed E-state index contributed by atoms with van der Waals surface area (Å²) in [5.41, 5.74) is -2.35. The van der Waals surface area contributed by atoms with E-state index in [-0.39, 0.29) is 17.0 Å². The third-order valence-corrected chi connectivity index (χ3v) is 6.69. The number of hydrogen-bond acceptors (Lipinski definition) is 5. The molecule has 40 heavy (non-hydrogen) atoms. The number of nitrogens with one attached hydrogen (secondary N) is 2. The van der Waals surface area contributed by atoms with Crippen molar-refractivity contribution in [2.24, 2.45) is 0 Å². The average Bonchev–Trinajstić information content (AvgIpc) is 2.93. The first-order chi connectivity index (χ1) is 18.4. The SMILES string of the molecule is CC(C)(C)OC(=O)N[C@H](Cc1ccccc1C(F)(F)F)C(=O)NC1CSc2ccccc2N(CC(F)(F)F)C1=O. The topological polar surface area (TPSA) is 87.7 Å². The van der Waals surface area contributed by atoms with E-state index in [0.717, 1.165) is 30.0 Å². The van der Waals surface area contributed by atoms with E-state index in [4.69, 9.17) is 4.74 Å². The van der Waals surface area contributed by atoms with Gasteiger partial charge in [0.1, 0.15) is 24.2 Å². The first kappa shape index (κ1) is 31.1. The van der Waals surface area contributed by atoms with E-state index >= 15 is 0 Å². The molecule has 1 aliphatic rings.